The van der Waals surface area contributed by atoms with Crippen LogP contribution < -0.4 is 10.1 Å². The normalized spacial score (nSPS) is 9.79. The molecule has 0 radical (unpaired) electrons. The SMILES string of the molecule is O=C(NCC#Cc1ccc(OC(F)F)cc1)OCc1ccccc1. The van der Waals surface area contributed by atoms with E-state index in [0.717, 1.165) is 5.56 Å². The molecular weight excluding hydrogens is 316 g/mol. The van der Waals surface area contributed by atoms with Gasteiger partial charge >= 0.3 is 12.7 Å². The minimum absolute atomic E-state index is 0.0677. The van der Waals surface area contributed by atoms with Gasteiger partial charge in [0.05, 0.1) is 6.54 Å². The standard InChI is InChI=1S/C18H15F2NO3/c19-17(20)24-16-10-8-14(9-11-16)7-4-12-21-18(22)23-13-15-5-2-1-3-6-15/h1-3,5-6,8-11,17H,12-13H2,(H,21,22). The number of carbonyl (C=O) groups excluding carboxylic acids is 1. The van der Waals surface area contributed by atoms with Gasteiger partial charge in [0.2, 0.25) is 0 Å². The Morgan fingerprint density at radius 1 is 1.08 bits per heavy atom. The maximum atomic E-state index is 12.0. The van der Waals surface area contributed by atoms with Crippen molar-refractivity contribution in [2.75, 3.05) is 6.54 Å². The number of alkyl halides is 2. The number of ether oxygens (including phenoxy) is 2. The molecule has 2 aromatic carbocycles. The minimum atomic E-state index is -2.85. The summed E-state index contributed by atoms with van der Waals surface area (Å²) in [5.74, 6) is 5.60. The van der Waals surface area contributed by atoms with Crippen molar-refractivity contribution in [1.29, 1.82) is 0 Å². The maximum Gasteiger partial charge on any atom is 0.408 e. The predicted octanol–water partition coefficient (Wildman–Crippen LogP) is 3.57. The van der Waals surface area contributed by atoms with Crippen LogP contribution >= 0.6 is 0 Å². The molecule has 0 aliphatic carbocycles. The first-order chi connectivity index (χ1) is 11.6. The first-order valence-corrected chi connectivity index (χ1v) is 7.12. The van der Waals surface area contributed by atoms with Crippen molar-refractivity contribution in [3.63, 3.8) is 0 Å². The lowest BCUT2D eigenvalue weighted by Crippen LogP contribution is -2.24. The zero-order valence-corrected chi connectivity index (χ0v) is 12.7. The van der Waals surface area contributed by atoms with E-state index in [1.165, 1.54) is 12.1 Å². The quantitative estimate of drug-likeness (QED) is 0.852. The summed E-state index contributed by atoms with van der Waals surface area (Å²) >= 11 is 0. The number of rotatable bonds is 5. The Morgan fingerprint density at radius 3 is 2.46 bits per heavy atom. The van der Waals surface area contributed by atoms with Crippen molar-refractivity contribution in [3.8, 4) is 17.6 Å². The molecule has 0 fully saturated rings. The van der Waals surface area contributed by atoms with Gasteiger partial charge in [-0.3, -0.25) is 0 Å². The van der Waals surface area contributed by atoms with E-state index >= 15 is 0 Å². The zero-order chi connectivity index (χ0) is 17.2. The first kappa shape index (κ1) is 17.3. The lowest BCUT2D eigenvalue weighted by atomic mass is 10.2. The van der Waals surface area contributed by atoms with Crippen LogP contribution in [0.5, 0.6) is 5.75 Å². The average Bonchev–Trinajstić information content (AvgIpc) is 2.59. The largest absolute Gasteiger partial charge is 0.445 e. The van der Waals surface area contributed by atoms with Gasteiger partial charge in [0, 0.05) is 5.56 Å². The predicted molar refractivity (Wildman–Crippen MR) is 84.6 cm³/mol. The van der Waals surface area contributed by atoms with Crippen molar-refractivity contribution in [3.05, 3.63) is 65.7 Å². The van der Waals surface area contributed by atoms with Crippen LogP contribution in [0.1, 0.15) is 11.1 Å². The second kappa shape index (κ2) is 9.16. The molecule has 4 nitrogen and oxygen atoms in total. The molecule has 0 heterocycles. The number of halogens is 2. The van der Waals surface area contributed by atoms with Gasteiger partial charge in [-0.2, -0.15) is 8.78 Å². The van der Waals surface area contributed by atoms with E-state index in [-0.39, 0.29) is 18.9 Å². The zero-order valence-electron chi connectivity index (χ0n) is 12.7. The second-order valence-corrected chi connectivity index (χ2v) is 4.62. The molecule has 0 unspecified atom stereocenters. The van der Waals surface area contributed by atoms with Crippen LogP contribution in [-0.2, 0) is 11.3 Å². The molecule has 124 valence electrons. The molecule has 24 heavy (non-hydrogen) atoms. The van der Waals surface area contributed by atoms with Gasteiger partial charge in [-0.1, -0.05) is 42.2 Å². The third-order valence-electron chi connectivity index (χ3n) is 2.85. The first-order valence-electron chi connectivity index (χ1n) is 7.12. The van der Waals surface area contributed by atoms with Gasteiger partial charge in [-0.05, 0) is 29.8 Å². The minimum Gasteiger partial charge on any atom is -0.445 e. The van der Waals surface area contributed by atoms with Gasteiger partial charge in [-0.15, -0.1) is 0 Å². The Balaban J connectivity index is 1.72. The molecule has 0 atom stereocenters. The number of benzene rings is 2. The van der Waals surface area contributed by atoms with Gasteiger partial charge < -0.3 is 14.8 Å². The number of carbonyl (C=O) groups is 1. The highest BCUT2D eigenvalue weighted by Gasteiger charge is 2.03. The number of nitrogens with one attached hydrogen (secondary N) is 1. The lowest BCUT2D eigenvalue weighted by Gasteiger charge is -2.04. The van der Waals surface area contributed by atoms with Crippen LogP contribution in [0.2, 0.25) is 0 Å². The highest BCUT2D eigenvalue weighted by Crippen LogP contribution is 2.14. The highest BCUT2D eigenvalue weighted by molar-refractivity contribution is 5.67. The summed E-state index contributed by atoms with van der Waals surface area (Å²) in [6.45, 7) is -2.55. The van der Waals surface area contributed by atoms with Crippen molar-refractivity contribution in [1.82, 2.24) is 5.32 Å². The van der Waals surface area contributed by atoms with Crippen molar-refractivity contribution in [2.45, 2.75) is 13.2 Å². The molecule has 2 rings (SSSR count). The third kappa shape index (κ3) is 6.36. The molecule has 0 aliphatic heterocycles. The molecule has 1 N–H and O–H groups in total. The van der Waals surface area contributed by atoms with E-state index in [4.69, 9.17) is 4.74 Å². The summed E-state index contributed by atoms with van der Waals surface area (Å²) in [6.07, 6.45) is -0.561. The Hall–Kier alpha value is -3.07. The molecule has 1 amide bonds. The molecular formula is C18H15F2NO3. The number of amides is 1. The second-order valence-electron chi connectivity index (χ2n) is 4.62. The topological polar surface area (TPSA) is 47.6 Å². The van der Waals surface area contributed by atoms with Crippen molar-refractivity contribution < 1.29 is 23.0 Å². The summed E-state index contributed by atoms with van der Waals surface area (Å²) in [6, 6.07) is 15.2. The third-order valence-corrected chi connectivity index (χ3v) is 2.85. The van der Waals surface area contributed by atoms with Crippen molar-refractivity contribution in [2.24, 2.45) is 0 Å². The van der Waals surface area contributed by atoms with Gasteiger partial charge in [0.1, 0.15) is 12.4 Å². The Labute approximate surface area is 138 Å². The molecule has 0 spiro atoms. The molecule has 2 aromatic rings. The van der Waals surface area contributed by atoms with Crippen LogP contribution in [0.25, 0.3) is 0 Å². The van der Waals surface area contributed by atoms with Crippen LogP contribution in [0.3, 0.4) is 0 Å². The molecule has 0 aliphatic rings. The summed E-state index contributed by atoms with van der Waals surface area (Å²) in [4.78, 5) is 11.5. The summed E-state index contributed by atoms with van der Waals surface area (Å²) in [7, 11) is 0. The molecule has 0 aromatic heterocycles. The maximum absolute atomic E-state index is 12.0. The van der Waals surface area contributed by atoms with E-state index in [0.29, 0.717) is 5.56 Å². The summed E-state index contributed by atoms with van der Waals surface area (Å²) in [5, 5.41) is 2.50. The van der Waals surface area contributed by atoms with Crippen molar-refractivity contribution >= 4 is 6.09 Å². The van der Waals surface area contributed by atoms with E-state index in [1.54, 1.807) is 12.1 Å². The number of hydrogen-bond acceptors (Lipinski definition) is 3. The number of hydrogen-bond donors (Lipinski definition) is 1. The monoisotopic (exact) mass is 331 g/mol. The lowest BCUT2D eigenvalue weighted by molar-refractivity contribution is -0.0498. The summed E-state index contributed by atoms with van der Waals surface area (Å²) < 4.78 is 33.3. The van der Waals surface area contributed by atoms with E-state index in [1.807, 2.05) is 30.3 Å². The molecule has 0 saturated heterocycles. The van der Waals surface area contributed by atoms with E-state index in [9.17, 15) is 13.6 Å². The fourth-order valence-corrected chi connectivity index (χ4v) is 1.76. The van der Waals surface area contributed by atoms with E-state index < -0.39 is 12.7 Å². The molecule has 0 saturated carbocycles. The molecule has 0 bridgehead atoms. The van der Waals surface area contributed by atoms with Crippen LogP contribution in [0, 0.1) is 11.8 Å². The van der Waals surface area contributed by atoms with Gasteiger partial charge in [0.15, 0.2) is 0 Å². The Morgan fingerprint density at radius 2 is 1.79 bits per heavy atom. The van der Waals surface area contributed by atoms with E-state index in [2.05, 4.69) is 21.9 Å². The van der Waals surface area contributed by atoms with Gasteiger partial charge in [0.25, 0.3) is 0 Å². The van der Waals surface area contributed by atoms with Crippen LogP contribution in [0.4, 0.5) is 13.6 Å². The Bertz CT molecular complexity index is 707. The molecule has 6 heteroatoms. The average molecular weight is 331 g/mol. The number of alkyl carbamates (subject to hydrolysis) is 1. The van der Waals surface area contributed by atoms with Gasteiger partial charge in [-0.25, -0.2) is 4.79 Å². The Kier molecular flexibility index (Phi) is 6.59. The van der Waals surface area contributed by atoms with Crippen LogP contribution in [-0.4, -0.2) is 19.2 Å². The highest BCUT2D eigenvalue weighted by atomic mass is 19.3. The fourth-order valence-electron chi connectivity index (χ4n) is 1.76. The van der Waals surface area contributed by atoms with Crippen LogP contribution in [0.15, 0.2) is 54.6 Å². The fraction of sp³-hybridized carbons (Fsp3) is 0.167. The summed E-state index contributed by atoms with van der Waals surface area (Å²) in [5.41, 5.74) is 1.51. The smallest absolute Gasteiger partial charge is 0.408 e.